The van der Waals surface area contributed by atoms with E-state index < -0.39 is 17.9 Å². The molecular weight excluding hydrogens is 370 g/mol. The molecule has 1 aliphatic rings. The molecule has 0 spiro atoms. The number of amides is 2. The monoisotopic (exact) mass is 387 g/mol. The van der Waals surface area contributed by atoms with Gasteiger partial charge in [0.25, 0.3) is 5.91 Å². The van der Waals surface area contributed by atoms with E-state index in [4.69, 9.17) is 11.6 Å². The van der Waals surface area contributed by atoms with Gasteiger partial charge in [-0.15, -0.1) is 0 Å². The quantitative estimate of drug-likeness (QED) is 0.625. The van der Waals surface area contributed by atoms with Crippen LogP contribution in [0.1, 0.15) is 35.3 Å². The highest BCUT2D eigenvalue weighted by Gasteiger charge is 2.27. The number of carbonyl (C=O) groups is 2. The van der Waals surface area contributed by atoms with Crippen LogP contribution in [0.5, 0.6) is 5.75 Å². The molecule has 0 radical (unpaired) electrons. The molecule has 2 amide bonds. The summed E-state index contributed by atoms with van der Waals surface area (Å²) >= 11 is 5.80. The molecule has 4 N–H and O–H groups in total. The van der Waals surface area contributed by atoms with Crippen LogP contribution >= 0.6 is 11.6 Å². The van der Waals surface area contributed by atoms with Gasteiger partial charge in [0, 0.05) is 17.4 Å². The van der Waals surface area contributed by atoms with E-state index in [9.17, 15) is 19.8 Å². The fourth-order valence-electron chi connectivity index (χ4n) is 2.95. The lowest BCUT2D eigenvalue weighted by molar-refractivity contribution is -0.115. The summed E-state index contributed by atoms with van der Waals surface area (Å²) in [4.78, 5) is 28.5. The highest BCUT2D eigenvalue weighted by atomic mass is 35.5. The molecule has 140 valence electrons. The van der Waals surface area contributed by atoms with Crippen molar-refractivity contribution in [3.05, 3.63) is 52.8 Å². The zero-order chi connectivity index (χ0) is 19.4. The number of nitrogens with one attached hydrogen (secondary N) is 2. The number of rotatable bonds is 5. The lowest BCUT2D eigenvalue weighted by Crippen LogP contribution is -2.40. The minimum absolute atomic E-state index is 0.116. The largest absolute Gasteiger partial charge is 0.500 e. The van der Waals surface area contributed by atoms with Crippen molar-refractivity contribution in [3.63, 3.8) is 0 Å². The number of aromatic hydroxyl groups is 1. The van der Waals surface area contributed by atoms with Gasteiger partial charge in [-0.25, -0.2) is 0 Å². The van der Waals surface area contributed by atoms with Crippen LogP contribution in [0.4, 0.5) is 5.69 Å². The van der Waals surface area contributed by atoms with Gasteiger partial charge in [0.1, 0.15) is 5.69 Å². The molecule has 0 saturated heterocycles. The smallest absolute Gasteiger partial charge is 0.270 e. The summed E-state index contributed by atoms with van der Waals surface area (Å²) in [5, 5.41) is 25.2. The van der Waals surface area contributed by atoms with Crippen molar-refractivity contribution < 1.29 is 19.8 Å². The predicted octanol–water partition coefficient (Wildman–Crippen LogP) is 1.87. The van der Waals surface area contributed by atoms with E-state index in [-0.39, 0.29) is 28.9 Å². The van der Waals surface area contributed by atoms with Gasteiger partial charge in [-0.05, 0) is 49.6 Å². The second kappa shape index (κ2) is 8.25. The average molecular weight is 388 g/mol. The zero-order valence-corrected chi connectivity index (χ0v) is 15.1. The van der Waals surface area contributed by atoms with Crippen molar-refractivity contribution in [2.45, 2.75) is 37.8 Å². The van der Waals surface area contributed by atoms with Crippen molar-refractivity contribution in [2.24, 2.45) is 0 Å². The standard InChI is InChI=1S/C19H18ClN3O4/c20-12-4-5-16(24)11(8-12)9-18(26)22-13-6-7-21-15(10-13)19(27)23-14-2-1-3-17(14)25/h6-8,10,14,17,24-25H,1-3,9H2,(H,23,27)(H,21,22,26)/t14-,17-/m0/s1. The molecule has 1 heterocycles. The van der Waals surface area contributed by atoms with Crippen LogP contribution in [0.25, 0.3) is 0 Å². The first kappa shape index (κ1) is 19.0. The Morgan fingerprint density at radius 1 is 1.30 bits per heavy atom. The fourth-order valence-corrected chi connectivity index (χ4v) is 3.13. The Labute approximate surface area is 161 Å². The van der Waals surface area contributed by atoms with Crippen molar-refractivity contribution in [1.29, 1.82) is 0 Å². The fraction of sp³-hybridized carbons (Fsp3) is 0.316. The van der Waals surface area contributed by atoms with Crippen LogP contribution in [0.15, 0.2) is 24.4 Å². The number of pyridine rings is 1. The minimum Gasteiger partial charge on any atom is -0.500 e. The third-order valence-electron chi connectivity index (χ3n) is 4.33. The third-order valence-corrected chi connectivity index (χ3v) is 4.53. The molecule has 1 aromatic carbocycles. The SMILES string of the molecule is O=C(Cc1cc(Cl)c#cc1O)Nc1ccnc(C(=O)N[C@H]2CCC[C@@H]2O)c1. The predicted molar refractivity (Wildman–Crippen MR) is 98.5 cm³/mol. The molecular formula is C19H18ClN3O4. The molecule has 1 saturated carbocycles. The Kier molecular flexibility index (Phi) is 5.79. The number of hydrogen-bond acceptors (Lipinski definition) is 5. The van der Waals surface area contributed by atoms with Crippen LogP contribution < -0.4 is 10.6 Å². The molecule has 7 nitrogen and oxygen atoms in total. The lowest BCUT2D eigenvalue weighted by Gasteiger charge is -2.16. The Hall–Kier alpha value is -2.82. The molecule has 27 heavy (non-hydrogen) atoms. The van der Waals surface area contributed by atoms with E-state index in [2.05, 4.69) is 27.8 Å². The second-order valence-corrected chi connectivity index (χ2v) is 6.76. The first-order valence-electron chi connectivity index (χ1n) is 8.48. The minimum atomic E-state index is -0.545. The second-order valence-electron chi connectivity index (χ2n) is 6.35. The van der Waals surface area contributed by atoms with E-state index in [0.29, 0.717) is 17.7 Å². The van der Waals surface area contributed by atoms with Crippen LogP contribution in [-0.2, 0) is 11.2 Å². The zero-order valence-electron chi connectivity index (χ0n) is 14.3. The van der Waals surface area contributed by atoms with Crippen molar-refractivity contribution >= 4 is 29.1 Å². The third kappa shape index (κ3) is 4.88. The molecule has 2 aromatic rings. The van der Waals surface area contributed by atoms with E-state index in [1.807, 2.05) is 0 Å². The molecule has 0 bridgehead atoms. The lowest BCUT2D eigenvalue weighted by atomic mass is 10.1. The number of carbonyl (C=O) groups excluding carboxylic acids is 2. The Balaban J connectivity index is 1.63. The summed E-state index contributed by atoms with van der Waals surface area (Å²) in [5.41, 5.74) is 0.850. The molecule has 8 heteroatoms. The van der Waals surface area contributed by atoms with Crippen molar-refractivity contribution in [2.75, 3.05) is 5.32 Å². The van der Waals surface area contributed by atoms with Crippen LogP contribution in [0, 0.1) is 12.1 Å². The highest BCUT2D eigenvalue weighted by molar-refractivity contribution is 6.30. The van der Waals surface area contributed by atoms with Crippen molar-refractivity contribution in [3.8, 4) is 5.75 Å². The van der Waals surface area contributed by atoms with Gasteiger partial charge >= 0.3 is 0 Å². The van der Waals surface area contributed by atoms with Gasteiger partial charge in [-0.2, -0.15) is 0 Å². The summed E-state index contributed by atoms with van der Waals surface area (Å²) in [7, 11) is 0. The maximum atomic E-state index is 12.3. The molecule has 3 rings (SSSR count). The molecule has 1 fully saturated rings. The average Bonchev–Trinajstić information content (AvgIpc) is 3.03. The number of aliphatic hydroxyl groups excluding tert-OH is 1. The number of hydrogen-bond donors (Lipinski definition) is 4. The number of aromatic nitrogens is 1. The molecule has 0 aliphatic heterocycles. The molecule has 1 aliphatic carbocycles. The Morgan fingerprint density at radius 3 is 2.85 bits per heavy atom. The van der Waals surface area contributed by atoms with Crippen LogP contribution in [0.3, 0.4) is 0 Å². The molecule has 2 atom stereocenters. The Bertz CT molecular complexity index is 859. The first-order chi connectivity index (χ1) is 12.9. The number of nitrogens with zero attached hydrogens (tertiary/aromatic N) is 1. The number of aliphatic hydroxyl groups is 1. The van der Waals surface area contributed by atoms with E-state index in [1.54, 1.807) is 6.07 Å². The maximum Gasteiger partial charge on any atom is 0.270 e. The molecule has 1 aromatic heterocycles. The van der Waals surface area contributed by atoms with Gasteiger partial charge in [-0.3, -0.25) is 14.6 Å². The topological polar surface area (TPSA) is 112 Å². The van der Waals surface area contributed by atoms with Crippen LogP contribution in [-0.4, -0.2) is 39.2 Å². The van der Waals surface area contributed by atoms with Gasteiger partial charge in [0.15, 0.2) is 5.75 Å². The van der Waals surface area contributed by atoms with E-state index in [1.165, 1.54) is 18.3 Å². The Morgan fingerprint density at radius 2 is 2.11 bits per heavy atom. The summed E-state index contributed by atoms with van der Waals surface area (Å²) in [6, 6.07) is 9.10. The van der Waals surface area contributed by atoms with E-state index in [0.717, 1.165) is 12.8 Å². The summed E-state index contributed by atoms with van der Waals surface area (Å²) < 4.78 is 0. The van der Waals surface area contributed by atoms with Gasteiger partial charge in [-0.1, -0.05) is 11.6 Å². The van der Waals surface area contributed by atoms with Gasteiger partial charge in [0.05, 0.1) is 23.6 Å². The summed E-state index contributed by atoms with van der Waals surface area (Å²) in [6.45, 7) is 0. The normalized spacial score (nSPS) is 18.6. The molecule has 0 unspecified atom stereocenters. The van der Waals surface area contributed by atoms with Crippen LogP contribution in [0.2, 0.25) is 5.02 Å². The van der Waals surface area contributed by atoms with Gasteiger partial charge < -0.3 is 20.8 Å². The number of halogens is 1. The maximum absolute atomic E-state index is 12.3. The highest BCUT2D eigenvalue weighted by Crippen LogP contribution is 2.20. The van der Waals surface area contributed by atoms with Crippen molar-refractivity contribution in [1.82, 2.24) is 10.3 Å². The number of anilines is 1. The van der Waals surface area contributed by atoms with Gasteiger partial charge in [0.2, 0.25) is 5.91 Å². The summed E-state index contributed by atoms with van der Waals surface area (Å²) in [6.07, 6.45) is 3.00. The summed E-state index contributed by atoms with van der Waals surface area (Å²) in [5.74, 6) is -1.00. The first-order valence-corrected chi connectivity index (χ1v) is 8.86. The van der Waals surface area contributed by atoms with E-state index >= 15 is 0 Å².